The third-order valence-corrected chi connectivity index (χ3v) is 4.04. The Labute approximate surface area is 121 Å². The number of carbonyl (C=O) groups excluding carboxylic acids is 1. The summed E-state index contributed by atoms with van der Waals surface area (Å²) in [6.45, 7) is 4.72. The summed E-state index contributed by atoms with van der Waals surface area (Å²) in [6.07, 6.45) is 0.668. The SMILES string of the molecule is CCC1(O)CN(C(=O)COc2ccc(C)cc2Br)C1. The van der Waals surface area contributed by atoms with Crippen molar-refractivity contribution in [3.63, 3.8) is 0 Å². The fraction of sp³-hybridized carbons (Fsp3) is 0.500. The molecule has 0 spiro atoms. The van der Waals surface area contributed by atoms with E-state index in [0.29, 0.717) is 25.3 Å². The normalized spacial score (nSPS) is 16.9. The minimum atomic E-state index is -0.694. The molecule has 1 aromatic carbocycles. The Hall–Kier alpha value is -1.07. The number of nitrogens with zero attached hydrogens (tertiary/aromatic N) is 1. The number of rotatable bonds is 4. The van der Waals surface area contributed by atoms with E-state index in [-0.39, 0.29) is 12.5 Å². The van der Waals surface area contributed by atoms with E-state index in [1.807, 2.05) is 32.0 Å². The molecule has 5 heteroatoms. The number of benzene rings is 1. The number of carbonyl (C=O) groups is 1. The van der Waals surface area contributed by atoms with Crippen molar-refractivity contribution in [3.05, 3.63) is 28.2 Å². The summed E-state index contributed by atoms with van der Waals surface area (Å²) in [4.78, 5) is 13.5. The number of halogens is 1. The molecule has 0 saturated carbocycles. The molecule has 1 amide bonds. The van der Waals surface area contributed by atoms with Crippen LogP contribution in [0.3, 0.4) is 0 Å². The fourth-order valence-electron chi connectivity index (χ4n) is 2.02. The molecule has 1 fully saturated rings. The van der Waals surface area contributed by atoms with Gasteiger partial charge in [-0.3, -0.25) is 4.79 Å². The van der Waals surface area contributed by atoms with Gasteiger partial charge in [-0.25, -0.2) is 0 Å². The van der Waals surface area contributed by atoms with E-state index in [2.05, 4.69) is 15.9 Å². The average molecular weight is 328 g/mol. The molecule has 1 aliphatic rings. The number of aryl methyl sites for hydroxylation is 1. The Morgan fingerprint density at radius 2 is 2.21 bits per heavy atom. The zero-order chi connectivity index (χ0) is 14.0. The van der Waals surface area contributed by atoms with Gasteiger partial charge in [-0.05, 0) is 47.0 Å². The molecule has 1 aromatic rings. The summed E-state index contributed by atoms with van der Waals surface area (Å²) < 4.78 is 6.33. The van der Waals surface area contributed by atoms with Crippen molar-refractivity contribution < 1.29 is 14.6 Å². The second-order valence-corrected chi connectivity index (χ2v) is 5.90. The quantitative estimate of drug-likeness (QED) is 0.921. The van der Waals surface area contributed by atoms with Gasteiger partial charge in [-0.15, -0.1) is 0 Å². The van der Waals surface area contributed by atoms with Crippen LogP contribution < -0.4 is 4.74 Å². The number of hydrogen-bond acceptors (Lipinski definition) is 3. The van der Waals surface area contributed by atoms with Crippen molar-refractivity contribution >= 4 is 21.8 Å². The molecule has 0 bridgehead atoms. The first-order valence-electron chi connectivity index (χ1n) is 6.32. The first-order chi connectivity index (χ1) is 8.93. The van der Waals surface area contributed by atoms with Crippen LogP contribution in [0.4, 0.5) is 0 Å². The molecule has 4 nitrogen and oxygen atoms in total. The van der Waals surface area contributed by atoms with Crippen molar-refractivity contribution in [1.82, 2.24) is 4.90 Å². The average Bonchev–Trinajstić information content (AvgIpc) is 2.33. The van der Waals surface area contributed by atoms with Gasteiger partial charge < -0.3 is 14.7 Å². The lowest BCUT2D eigenvalue weighted by Crippen LogP contribution is -2.63. The lowest BCUT2D eigenvalue weighted by molar-refractivity contribution is -0.157. The molecular weight excluding hydrogens is 310 g/mol. The van der Waals surface area contributed by atoms with Gasteiger partial charge in [0.05, 0.1) is 23.2 Å². The zero-order valence-electron chi connectivity index (χ0n) is 11.1. The predicted molar refractivity (Wildman–Crippen MR) is 76.2 cm³/mol. The lowest BCUT2D eigenvalue weighted by Gasteiger charge is -2.45. The third kappa shape index (κ3) is 3.28. The molecule has 1 aliphatic heterocycles. The van der Waals surface area contributed by atoms with Gasteiger partial charge in [-0.1, -0.05) is 13.0 Å². The summed E-state index contributed by atoms with van der Waals surface area (Å²) in [5.74, 6) is 0.566. The summed E-state index contributed by atoms with van der Waals surface area (Å²) >= 11 is 3.40. The van der Waals surface area contributed by atoms with Gasteiger partial charge in [0.25, 0.3) is 5.91 Å². The van der Waals surface area contributed by atoms with E-state index in [4.69, 9.17) is 4.74 Å². The molecular formula is C14H18BrNO3. The fourth-order valence-corrected chi connectivity index (χ4v) is 2.63. The zero-order valence-corrected chi connectivity index (χ0v) is 12.7. The van der Waals surface area contributed by atoms with E-state index in [9.17, 15) is 9.90 Å². The van der Waals surface area contributed by atoms with Crippen molar-refractivity contribution in [2.75, 3.05) is 19.7 Å². The largest absolute Gasteiger partial charge is 0.483 e. The lowest BCUT2D eigenvalue weighted by atomic mass is 9.91. The van der Waals surface area contributed by atoms with Crippen LogP contribution in [0.25, 0.3) is 0 Å². The number of hydrogen-bond donors (Lipinski definition) is 1. The summed E-state index contributed by atoms with van der Waals surface area (Å²) in [5, 5.41) is 9.86. The van der Waals surface area contributed by atoms with Crippen molar-refractivity contribution in [2.24, 2.45) is 0 Å². The van der Waals surface area contributed by atoms with Gasteiger partial charge in [-0.2, -0.15) is 0 Å². The molecule has 104 valence electrons. The first-order valence-corrected chi connectivity index (χ1v) is 7.12. The maximum absolute atomic E-state index is 11.9. The van der Waals surface area contributed by atoms with Crippen LogP contribution in [-0.4, -0.2) is 41.2 Å². The Morgan fingerprint density at radius 1 is 1.53 bits per heavy atom. The van der Waals surface area contributed by atoms with Crippen LogP contribution in [-0.2, 0) is 4.79 Å². The van der Waals surface area contributed by atoms with E-state index in [1.165, 1.54) is 0 Å². The summed E-state index contributed by atoms with van der Waals surface area (Å²) in [5.41, 5.74) is 0.432. The number of amides is 1. The Bertz CT molecular complexity index is 484. The van der Waals surface area contributed by atoms with Gasteiger partial charge >= 0.3 is 0 Å². The smallest absolute Gasteiger partial charge is 0.260 e. The van der Waals surface area contributed by atoms with Crippen LogP contribution in [0.15, 0.2) is 22.7 Å². The Kier molecular flexibility index (Phi) is 4.16. The first kappa shape index (κ1) is 14.3. The highest BCUT2D eigenvalue weighted by molar-refractivity contribution is 9.10. The molecule has 0 atom stereocenters. The van der Waals surface area contributed by atoms with E-state index in [0.717, 1.165) is 10.0 Å². The number of aliphatic hydroxyl groups is 1. The van der Waals surface area contributed by atoms with Crippen LogP contribution in [0.2, 0.25) is 0 Å². The second kappa shape index (κ2) is 5.51. The van der Waals surface area contributed by atoms with Gasteiger partial charge in [0.15, 0.2) is 6.61 Å². The van der Waals surface area contributed by atoms with E-state index < -0.39 is 5.60 Å². The summed E-state index contributed by atoms with van der Waals surface area (Å²) in [6, 6.07) is 5.72. The molecule has 1 N–H and O–H groups in total. The monoisotopic (exact) mass is 327 g/mol. The highest BCUT2D eigenvalue weighted by atomic mass is 79.9. The predicted octanol–water partition coefficient (Wildman–Crippen LogP) is 2.12. The maximum Gasteiger partial charge on any atom is 0.260 e. The molecule has 0 aromatic heterocycles. The highest BCUT2D eigenvalue weighted by Crippen LogP contribution is 2.27. The van der Waals surface area contributed by atoms with E-state index >= 15 is 0 Å². The topological polar surface area (TPSA) is 49.8 Å². The molecule has 0 unspecified atom stereocenters. The molecule has 1 heterocycles. The number of β-amino-alcohol motifs (C(OH)–C–C–N with tert-alkyl or cyclic N) is 1. The Balaban J connectivity index is 1.85. The standard InChI is InChI=1S/C14H18BrNO3/c1-3-14(18)8-16(9-14)13(17)7-19-12-5-4-10(2)6-11(12)15/h4-6,18H,3,7-9H2,1-2H3. The number of ether oxygens (including phenoxy) is 1. The third-order valence-electron chi connectivity index (χ3n) is 3.42. The Morgan fingerprint density at radius 3 is 2.79 bits per heavy atom. The van der Waals surface area contributed by atoms with Gasteiger partial charge in [0.1, 0.15) is 5.75 Å². The number of likely N-dealkylation sites (tertiary alicyclic amines) is 1. The van der Waals surface area contributed by atoms with Crippen LogP contribution in [0.5, 0.6) is 5.75 Å². The van der Waals surface area contributed by atoms with Gasteiger partial charge in [0.2, 0.25) is 0 Å². The minimum absolute atomic E-state index is 0.00144. The molecule has 0 radical (unpaired) electrons. The molecule has 19 heavy (non-hydrogen) atoms. The van der Waals surface area contributed by atoms with Crippen LogP contribution >= 0.6 is 15.9 Å². The maximum atomic E-state index is 11.9. The van der Waals surface area contributed by atoms with E-state index in [1.54, 1.807) is 4.90 Å². The van der Waals surface area contributed by atoms with Crippen molar-refractivity contribution in [3.8, 4) is 5.75 Å². The molecule has 2 rings (SSSR count). The van der Waals surface area contributed by atoms with Crippen LogP contribution in [0.1, 0.15) is 18.9 Å². The second-order valence-electron chi connectivity index (χ2n) is 5.05. The minimum Gasteiger partial charge on any atom is -0.483 e. The van der Waals surface area contributed by atoms with Crippen molar-refractivity contribution in [2.45, 2.75) is 25.9 Å². The summed E-state index contributed by atoms with van der Waals surface area (Å²) in [7, 11) is 0. The van der Waals surface area contributed by atoms with Crippen molar-refractivity contribution in [1.29, 1.82) is 0 Å². The molecule has 1 saturated heterocycles. The highest BCUT2D eigenvalue weighted by Gasteiger charge is 2.41. The molecule has 0 aliphatic carbocycles. The van der Waals surface area contributed by atoms with Gasteiger partial charge in [0, 0.05) is 0 Å². The van der Waals surface area contributed by atoms with Crippen LogP contribution in [0, 0.1) is 6.92 Å².